The van der Waals surface area contributed by atoms with Crippen molar-refractivity contribution in [3.8, 4) is 22.7 Å². The van der Waals surface area contributed by atoms with Crippen LogP contribution in [0.25, 0.3) is 16.9 Å². The molecule has 1 heterocycles. The Hall–Kier alpha value is -2.79. The summed E-state index contributed by atoms with van der Waals surface area (Å²) in [6.07, 6.45) is 0. The van der Waals surface area contributed by atoms with Crippen LogP contribution in [0.4, 0.5) is 0 Å². The number of ether oxygens (including phenoxy) is 1. The lowest BCUT2D eigenvalue weighted by Gasteiger charge is -2.09. The van der Waals surface area contributed by atoms with Gasteiger partial charge in [0.2, 0.25) is 0 Å². The number of carbonyl (C=O) groups is 1. The van der Waals surface area contributed by atoms with Crippen LogP contribution >= 0.6 is 11.6 Å². The number of hydrogen-bond donors (Lipinski definition) is 0. The molecule has 116 valence electrons. The van der Waals surface area contributed by atoms with Crippen LogP contribution in [0.5, 0.6) is 5.75 Å². The van der Waals surface area contributed by atoms with Crippen LogP contribution in [0.3, 0.4) is 0 Å². The number of rotatable bonds is 4. The van der Waals surface area contributed by atoms with Gasteiger partial charge in [-0.3, -0.25) is 0 Å². The summed E-state index contributed by atoms with van der Waals surface area (Å²) in [5, 5.41) is 16.2. The maximum atomic E-state index is 11.4. The summed E-state index contributed by atoms with van der Waals surface area (Å²) in [4.78, 5) is 11.4. The Morgan fingerprint density at radius 1 is 1.17 bits per heavy atom. The lowest BCUT2D eigenvalue weighted by Crippen LogP contribution is -2.25. The SMILES string of the molecule is COc1ccc(-c2cc(C(=O)[O-])n(-c3ccccc3Cl)n2)cc1. The number of nitrogens with zero attached hydrogens (tertiary/aromatic N) is 2. The van der Waals surface area contributed by atoms with Crippen molar-refractivity contribution in [2.24, 2.45) is 0 Å². The van der Waals surface area contributed by atoms with Gasteiger partial charge in [0.15, 0.2) is 0 Å². The van der Waals surface area contributed by atoms with Crippen LogP contribution in [0.2, 0.25) is 5.02 Å². The molecule has 0 fully saturated rings. The molecule has 6 heteroatoms. The minimum Gasteiger partial charge on any atom is -0.543 e. The van der Waals surface area contributed by atoms with Crippen LogP contribution in [0.15, 0.2) is 54.6 Å². The monoisotopic (exact) mass is 327 g/mol. The molecule has 0 saturated heterocycles. The van der Waals surface area contributed by atoms with Crippen LogP contribution in [0.1, 0.15) is 10.5 Å². The van der Waals surface area contributed by atoms with Gasteiger partial charge < -0.3 is 14.6 Å². The van der Waals surface area contributed by atoms with Crippen molar-refractivity contribution in [3.05, 3.63) is 65.3 Å². The molecule has 0 bridgehead atoms. The smallest absolute Gasteiger partial charge is 0.118 e. The van der Waals surface area contributed by atoms with Gasteiger partial charge in [-0.05, 0) is 42.5 Å². The Bertz CT molecular complexity index is 857. The average molecular weight is 328 g/mol. The van der Waals surface area contributed by atoms with Gasteiger partial charge in [-0.15, -0.1) is 0 Å². The molecule has 1 aromatic heterocycles. The van der Waals surface area contributed by atoms with E-state index in [4.69, 9.17) is 16.3 Å². The fraction of sp³-hybridized carbons (Fsp3) is 0.0588. The van der Waals surface area contributed by atoms with Crippen molar-refractivity contribution in [1.29, 1.82) is 0 Å². The molecule has 2 aromatic carbocycles. The van der Waals surface area contributed by atoms with Gasteiger partial charge in [0.1, 0.15) is 5.75 Å². The van der Waals surface area contributed by atoms with Gasteiger partial charge in [-0.1, -0.05) is 23.7 Å². The van der Waals surface area contributed by atoms with Crippen molar-refractivity contribution < 1.29 is 14.6 Å². The molecular weight excluding hydrogens is 316 g/mol. The molecule has 0 saturated carbocycles. The molecule has 0 spiro atoms. The number of aromatic carboxylic acids is 1. The maximum Gasteiger partial charge on any atom is 0.118 e. The molecule has 0 aliphatic heterocycles. The molecule has 0 N–H and O–H groups in total. The fourth-order valence-electron chi connectivity index (χ4n) is 2.24. The van der Waals surface area contributed by atoms with Crippen molar-refractivity contribution in [1.82, 2.24) is 9.78 Å². The average Bonchev–Trinajstić information content (AvgIpc) is 3.01. The van der Waals surface area contributed by atoms with Gasteiger partial charge in [0.05, 0.1) is 35.2 Å². The first-order chi connectivity index (χ1) is 11.1. The summed E-state index contributed by atoms with van der Waals surface area (Å²) in [6, 6.07) is 15.5. The fourth-order valence-corrected chi connectivity index (χ4v) is 2.45. The minimum atomic E-state index is -1.32. The second-order valence-corrected chi connectivity index (χ2v) is 5.20. The number of carboxylic acid groups (broad SMARTS) is 1. The Morgan fingerprint density at radius 2 is 1.87 bits per heavy atom. The third-order valence-corrected chi connectivity index (χ3v) is 3.70. The lowest BCUT2D eigenvalue weighted by molar-refractivity contribution is -0.255. The molecule has 0 amide bonds. The number of halogens is 1. The summed E-state index contributed by atoms with van der Waals surface area (Å²) in [5.41, 5.74) is 1.68. The Balaban J connectivity index is 2.12. The van der Waals surface area contributed by atoms with Crippen LogP contribution < -0.4 is 9.84 Å². The second kappa shape index (κ2) is 6.14. The van der Waals surface area contributed by atoms with E-state index >= 15 is 0 Å². The van der Waals surface area contributed by atoms with E-state index in [1.165, 1.54) is 10.7 Å². The molecule has 0 unspecified atom stereocenters. The van der Waals surface area contributed by atoms with Crippen molar-refractivity contribution in [2.75, 3.05) is 7.11 Å². The Kier molecular flexibility index (Phi) is 4.04. The molecule has 0 radical (unpaired) electrons. The highest BCUT2D eigenvalue weighted by molar-refractivity contribution is 6.32. The van der Waals surface area contributed by atoms with Gasteiger partial charge in [0.25, 0.3) is 0 Å². The number of benzene rings is 2. The van der Waals surface area contributed by atoms with Crippen molar-refractivity contribution >= 4 is 17.6 Å². The van der Waals surface area contributed by atoms with E-state index < -0.39 is 5.97 Å². The van der Waals surface area contributed by atoms with Gasteiger partial charge in [-0.2, -0.15) is 5.10 Å². The first-order valence-corrected chi connectivity index (χ1v) is 7.18. The normalized spacial score (nSPS) is 10.5. The first kappa shape index (κ1) is 15.1. The van der Waals surface area contributed by atoms with Gasteiger partial charge in [0, 0.05) is 5.56 Å². The zero-order valence-electron chi connectivity index (χ0n) is 12.2. The predicted molar refractivity (Wildman–Crippen MR) is 84.9 cm³/mol. The predicted octanol–water partition coefficient (Wildman–Crippen LogP) is 2.56. The standard InChI is InChI=1S/C17H13ClN2O3/c1-23-12-8-6-11(7-9-12)14-10-16(17(21)22)20(19-14)15-5-3-2-4-13(15)18/h2-10H,1H3,(H,21,22)/p-1. The number of carbonyl (C=O) groups excluding carboxylic acids is 1. The number of aromatic nitrogens is 2. The number of hydrogen-bond acceptors (Lipinski definition) is 4. The molecular formula is C17H12ClN2O3-. The van der Waals surface area contributed by atoms with E-state index in [0.29, 0.717) is 22.2 Å². The highest BCUT2D eigenvalue weighted by Gasteiger charge is 2.14. The number of methoxy groups -OCH3 is 1. The summed E-state index contributed by atoms with van der Waals surface area (Å²) in [6.45, 7) is 0. The molecule has 5 nitrogen and oxygen atoms in total. The minimum absolute atomic E-state index is 0.0658. The highest BCUT2D eigenvalue weighted by atomic mass is 35.5. The molecule has 3 rings (SSSR count). The van der Waals surface area contributed by atoms with Crippen molar-refractivity contribution in [3.63, 3.8) is 0 Å². The molecule has 23 heavy (non-hydrogen) atoms. The highest BCUT2D eigenvalue weighted by Crippen LogP contribution is 2.26. The largest absolute Gasteiger partial charge is 0.543 e. The Labute approximate surface area is 137 Å². The topological polar surface area (TPSA) is 67.2 Å². The zero-order chi connectivity index (χ0) is 16.4. The maximum absolute atomic E-state index is 11.4. The molecule has 0 atom stereocenters. The van der Waals surface area contributed by atoms with Crippen molar-refractivity contribution in [2.45, 2.75) is 0 Å². The van der Waals surface area contributed by atoms with E-state index in [0.717, 1.165) is 5.56 Å². The van der Waals surface area contributed by atoms with Crippen LogP contribution in [-0.4, -0.2) is 22.9 Å². The van der Waals surface area contributed by atoms with Gasteiger partial charge in [-0.25, -0.2) is 4.68 Å². The van der Waals surface area contributed by atoms with Crippen LogP contribution in [-0.2, 0) is 0 Å². The van der Waals surface area contributed by atoms with E-state index in [-0.39, 0.29) is 5.69 Å². The summed E-state index contributed by atoms with van der Waals surface area (Å²) < 4.78 is 6.39. The quantitative estimate of drug-likeness (QED) is 0.738. The van der Waals surface area contributed by atoms with E-state index in [1.54, 1.807) is 55.6 Å². The van der Waals surface area contributed by atoms with E-state index in [1.807, 2.05) is 0 Å². The third-order valence-electron chi connectivity index (χ3n) is 3.38. The Morgan fingerprint density at radius 3 is 2.48 bits per heavy atom. The summed E-state index contributed by atoms with van der Waals surface area (Å²) in [7, 11) is 1.58. The number of carboxylic acids is 1. The molecule has 3 aromatic rings. The van der Waals surface area contributed by atoms with Gasteiger partial charge >= 0.3 is 0 Å². The van der Waals surface area contributed by atoms with E-state index in [9.17, 15) is 9.90 Å². The third kappa shape index (κ3) is 2.91. The first-order valence-electron chi connectivity index (χ1n) is 6.81. The zero-order valence-corrected chi connectivity index (χ0v) is 12.9. The van der Waals surface area contributed by atoms with Crippen LogP contribution in [0, 0.1) is 0 Å². The van der Waals surface area contributed by atoms with E-state index in [2.05, 4.69) is 5.10 Å². The molecule has 0 aliphatic rings. The summed E-state index contributed by atoms with van der Waals surface area (Å²) in [5.74, 6) is -0.614. The second-order valence-electron chi connectivity index (χ2n) is 4.79. The lowest BCUT2D eigenvalue weighted by atomic mass is 10.1. The molecule has 0 aliphatic carbocycles. The summed E-state index contributed by atoms with van der Waals surface area (Å²) >= 11 is 6.14. The number of para-hydroxylation sites is 1.